The Morgan fingerprint density at radius 3 is 2.86 bits per heavy atom. The first-order valence-electron chi connectivity index (χ1n) is 7.11. The van der Waals surface area contributed by atoms with E-state index in [1.807, 2.05) is 19.9 Å². The average molecular weight is 301 g/mol. The molecule has 116 valence electrons. The van der Waals surface area contributed by atoms with Crippen molar-refractivity contribution in [2.45, 2.75) is 20.4 Å². The van der Waals surface area contributed by atoms with Gasteiger partial charge >= 0.3 is 0 Å². The first kappa shape index (κ1) is 15.9. The third-order valence-corrected chi connectivity index (χ3v) is 3.26. The maximum atomic E-state index is 12.2. The molecule has 0 unspecified atom stereocenters. The van der Waals surface area contributed by atoms with Gasteiger partial charge in [-0.1, -0.05) is 0 Å². The van der Waals surface area contributed by atoms with Gasteiger partial charge in [0, 0.05) is 43.0 Å². The molecule has 0 radical (unpaired) electrons. The summed E-state index contributed by atoms with van der Waals surface area (Å²) in [7, 11) is 0. The maximum absolute atomic E-state index is 12.2. The molecule has 2 heterocycles. The Hall–Kier alpha value is -2.50. The van der Waals surface area contributed by atoms with Crippen LogP contribution in [0.3, 0.4) is 0 Å². The minimum absolute atomic E-state index is 0.270. The van der Waals surface area contributed by atoms with Crippen molar-refractivity contribution >= 4 is 17.2 Å². The van der Waals surface area contributed by atoms with E-state index in [2.05, 4.69) is 20.6 Å². The average Bonchev–Trinajstić information content (AvgIpc) is 2.49. The lowest BCUT2D eigenvalue weighted by Gasteiger charge is -2.11. The largest absolute Gasteiger partial charge is 0.386 e. The molecule has 0 saturated carbocycles. The third kappa shape index (κ3) is 4.00. The number of nitrogens with zero attached hydrogens (tertiary/aromatic N) is 2. The quantitative estimate of drug-likeness (QED) is 0.756. The van der Waals surface area contributed by atoms with E-state index in [0.717, 1.165) is 22.4 Å². The summed E-state index contributed by atoms with van der Waals surface area (Å²) in [6, 6.07) is 2.01. The van der Waals surface area contributed by atoms with E-state index in [1.54, 1.807) is 24.7 Å². The van der Waals surface area contributed by atoms with Gasteiger partial charge in [0.15, 0.2) is 0 Å². The van der Waals surface area contributed by atoms with Gasteiger partial charge < -0.3 is 16.0 Å². The number of aliphatic imine (C=N–C) groups is 1. The smallest absolute Gasteiger partial charge is 0.128 e. The zero-order chi connectivity index (χ0) is 15.9. The molecule has 0 atom stereocenters. The second-order valence-electron chi connectivity index (χ2n) is 5.01. The molecule has 0 amide bonds. The molecular weight excluding hydrogens is 281 g/mol. The Morgan fingerprint density at radius 1 is 1.36 bits per heavy atom. The second kappa shape index (κ2) is 7.49. The molecule has 1 aromatic rings. The van der Waals surface area contributed by atoms with E-state index in [0.29, 0.717) is 18.1 Å². The van der Waals surface area contributed by atoms with Crippen molar-refractivity contribution in [3.05, 3.63) is 47.4 Å². The summed E-state index contributed by atoms with van der Waals surface area (Å²) in [6.07, 6.45) is 6.85. The SMILES string of the molecule is CC1=NC=CC(=N)/C1=C\NCc1cnc(NCCF)c(C)c1. The van der Waals surface area contributed by atoms with E-state index in [1.165, 1.54) is 0 Å². The van der Waals surface area contributed by atoms with Crippen molar-refractivity contribution in [3.63, 3.8) is 0 Å². The van der Waals surface area contributed by atoms with Crippen LogP contribution in [0.25, 0.3) is 0 Å². The summed E-state index contributed by atoms with van der Waals surface area (Å²) in [5, 5.41) is 14.0. The molecular formula is C16H20FN5. The monoisotopic (exact) mass is 301 g/mol. The molecule has 5 nitrogen and oxygen atoms in total. The number of pyridine rings is 1. The van der Waals surface area contributed by atoms with Crippen LogP contribution in [0, 0.1) is 12.3 Å². The lowest BCUT2D eigenvalue weighted by atomic mass is 10.1. The Labute approximate surface area is 129 Å². The minimum Gasteiger partial charge on any atom is -0.386 e. The Morgan fingerprint density at radius 2 is 2.18 bits per heavy atom. The van der Waals surface area contributed by atoms with Crippen LogP contribution in [0.15, 0.2) is 41.3 Å². The molecule has 2 rings (SSSR count). The van der Waals surface area contributed by atoms with Crippen LogP contribution in [0.2, 0.25) is 0 Å². The molecule has 0 bridgehead atoms. The highest BCUT2D eigenvalue weighted by Crippen LogP contribution is 2.13. The van der Waals surface area contributed by atoms with Gasteiger partial charge in [-0.25, -0.2) is 9.37 Å². The number of allylic oxidation sites excluding steroid dienone is 2. The second-order valence-corrected chi connectivity index (χ2v) is 5.01. The topological polar surface area (TPSA) is 73.2 Å². The molecule has 0 aliphatic carbocycles. The number of halogens is 1. The van der Waals surface area contributed by atoms with Gasteiger partial charge in [0.1, 0.15) is 12.5 Å². The van der Waals surface area contributed by atoms with Crippen molar-refractivity contribution in [2.75, 3.05) is 18.5 Å². The van der Waals surface area contributed by atoms with Gasteiger partial charge in [-0.2, -0.15) is 0 Å². The molecule has 0 saturated heterocycles. The number of hydrogen-bond donors (Lipinski definition) is 3. The van der Waals surface area contributed by atoms with E-state index in [4.69, 9.17) is 5.41 Å². The fourth-order valence-electron chi connectivity index (χ4n) is 2.11. The fraction of sp³-hybridized carbons (Fsp3) is 0.312. The molecule has 0 fully saturated rings. The maximum Gasteiger partial charge on any atom is 0.128 e. The molecule has 0 aromatic carbocycles. The highest BCUT2D eigenvalue weighted by atomic mass is 19.1. The van der Waals surface area contributed by atoms with Gasteiger partial charge in [-0.15, -0.1) is 0 Å². The number of anilines is 1. The number of alkyl halides is 1. The summed E-state index contributed by atoms with van der Waals surface area (Å²) in [4.78, 5) is 8.47. The normalized spacial score (nSPS) is 15.9. The number of hydrogen-bond acceptors (Lipinski definition) is 5. The van der Waals surface area contributed by atoms with Gasteiger partial charge in [0.2, 0.25) is 0 Å². The molecule has 1 aliphatic rings. The van der Waals surface area contributed by atoms with Crippen LogP contribution in [0.5, 0.6) is 0 Å². The summed E-state index contributed by atoms with van der Waals surface area (Å²) in [5.41, 5.74) is 4.05. The predicted molar refractivity (Wildman–Crippen MR) is 88.3 cm³/mol. The fourth-order valence-corrected chi connectivity index (χ4v) is 2.11. The molecule has 22 heavy (non-hydrogen) atoms. The number of aryl methyl sites for hydroxylation is 1. The van der Waals surface area contributed by atoms with Crippen LogP contribution in [0.1, 0.15) is 18.1 Å². The molecule has 0 spiro atoms. The Balaban J connectivity index is 1.97. The molecule has 6 heteroatoms. The summed E-state index contributed by atoms with van der Waals surface area (Å²) in [5.74, 6) is 0.710. The zero-order valence-corrected chi connectivity index (χ0v) is 12.8. The van der Waals surface area contributed by atoms with Crippen molar-refractivity contribution in [1.82, 2.24) is 10.3 Å². The highest BCUT2D eigenvalue weighted by molar-refractivity contribution is 6.27. The lowest BCUT2D eigenvalue weighted by molar-refractivity contribution is 0.512. The van der Waals surface area contributed by atoms with Crippen LogP contribution >= 0.6 is 0 Å². The third-order valence-electron chi connectivity index (χ3n) is 3.26. The van der Waals surface area contributed by atoms with E-state index in [-0.39, 0.29) is 6.54 Å². The van der Waals surface area contributed by atoms with Crippen molar-refractivity contribution < 1.29 is 4.39 Å². The van der Waals surface area contributed by atoms with Gasteiger partial charge in [0.05, 0.1) is 5.71 Å². The number of nitrogens with one attached hydrogen (secondary N) is 3. The molecule has 1 aliphatic heterocycles. The van der Waals surface area contributed by atoms with E-state index < -0.39 is 6.67 Å². The number of rotatable bonds is 6. The summed E-state index contributed by atoms with van der Waals surface area (Å²) in [6.45, 7) is 4.27. The van der Waals surface area contributed by atoms with Crippen LogP contribution < -0.4 is 10.6 Å². The Kier molecular flexibility index (Phi) is 5.41. The zero-order valence-electron chi connectivity index (χ0n) is 12.8. The summed E-state index contributed by atoms with van der Waals surface area (Å²) < 4.78 is 12.2. The van der Waals surface area contributed by atoms with Crippen LogP contribution in [0.4, 0.5) is 10.2 Å². The summed E-state index contributed by atoms with van der Waals surface area (Å²) >= 11 is 0. The predicted octanol–water partition coefficient (Wildman–Crippen LogP) is 2.75. The standard InChI is InChI=1S/C16H20FN5/c1-11-7-13(9-22-16(11)21-6-4-17)8-19-10-14-12(2)20-5-3-15(14)18/h3,5,7,9-10,18-19H,4,6,8H2,1-2H3,(H,21,22)/b14-10-,18-15?. The molecule has 3 N–H and O–H groups in total. The minimum atomic E-state index is -0.417. The first-order valence-corrected chi connectivity index (χ1v) is 7.11. The number of aromatic nitrogens is 1. The van der Waals surface area contributed by atoms with Crippen molar-refractivity contribution in [2.24, 2.45) is 4.99 Å². The lowest BCUT2D eigenvalue weighted by Crippen LogP contribution is -2.16. The van der Waals surface area contributed by atoms with E-state index in [9.17, 15) is 4.39 Å². The van der Waals surface area contributed by atoms with Crippen LogP contribution in [-0.2, 0) is 6.54 Å². The van der Waals surface area contributed by atoms with Gasteiger partial charge in [-0.05, 0) is 37.1 Å². The highest BCUT2D eigenvalue weighted by Gasteiger charge is 2.09. The van der Waals surface area contributed by atoms with Crippen LogP contribution in [-0.4, -0.2) is 29.6 Å². The Bertz CT molecular complexity index is 646. The molecule has 1 aromatic heterocycles. The van der Waals surface area contributed by atoms with Gasteiger partial charge in [0.25, 0.3) is 0 Å². The first-order chi connectivity index (χ1) is 10.6. The van der Waals surface area contributed by atoms with Crippen molar-refractivity contribution in [1.29, 1.82) is 5.41 Å². The van der Waals surface area contributed by atoms with Gasteiger partial charge in [-0.3, -0.25) is 4.99 Å². The van der Waals surface area contributed by atoms with Crippen molar-refractivity contribution in [3.8, 4) is 0 Å². The van der Waals surface area contributed by atoms with E-state index >= 15 is 0 Å².